The molecule has 0 bridgehead atoms. The van der Waals surface area contributed by atoms with Gasteiger partial charge in [0.15, 0.2) is 0 Å². The number of anilines is 3. The fourth-order valence-electron chi connectivity index (χ4n) is 4.92. The predicted molar refractivity (Wildman–Crippen MR) is 168 cm³/mol. The van der Waals surface area contributed by atoms with E-state index in [0.29, 0.717) is 36.8 Å². The largest absolute Gasteiger partial charge is 0.492 e. The summed E-state index contributed by atoms with van der Waals surface area (Å²) in [7, 11) is 0. The smallest absolute Gasteiger partial charge is 0.411 e. The van der Waals surface area contributed by atoms with Gasteiger partial charge in [-0.1, -0.05) is 60.7 Å². The summed E-state index contributed by atoms with van der Waals surface area (Å²) in [5.74, 6) is 0.483. The molecule has 0 atom stereocenters. The van der Waals surface area contributed by atoms with Crippen molar-refractivity contribution in [1.82, 2.24) is 4.90 Å². The van der Waals surface area contributed by atoms with Crippen LogP contribution in [0.2, 0.25) is 0 Å². The van der Waals surface area contributed by atoms with E-state index in [0.717, 1.165) is 48.7 Å². The second kappa shape index (κ2) is 14.2. The maximum Gasteiger partial charge on any atom is 0.411 e. The minimum absolute atomic E-state index is 0.137. The summed E-state index contributed by atoms with van der Waals surface area (Å²) in [4.78, 5) is 29.8. The molecule has 4 aromatic carbocycles. The predicted octanol–water partition coefficient (Wildman–Crippen LogP) is 6.38. The Morgan fingerprint density at radius 1 is 0.762 bits per heavy atom. The molecule has 1 heterocycles. The van der Waals surface area contributed by atoms with E-state index in [2.05, 4.69) is 38.6 Å². The summed E-state index contributed by atoms with van der Waals surface area (Å²) in [6.45, 7) is 6.76. The molecule has 0 aliphatic carbocycles. The van der Waals surface area contributed by atoms with Crippen LogP contribution in [0.3, 0.4) is 0 Å². The Labute approximate surface area is 246 Å². The molecule has 42 heavy (non-hydrogen) atoms. The van der Waals surface area contributed by atoms with Crippen molar-refractivity contribution < 1.29 is 19.1 Å². The Bertz CT molecular complexity index is 1470. The third kappa shape index (κ3) is 7.67. The molecule has 0 aromatic heterocycles. The molecule has 1 fully saturated rings. The van der Waals surface area contributed by atoms with Gasteiger partial charge < -0.3 is 19.7 Å². The molecule has 216 valence electrons. The van der Waals surface area contributed by atoms with E-state index >= 15 is 0 Å². The van der Waals surface area contributed by atoms with Gasteiger partial charge in [0.05, 0.1) is 12.3 Å². The summed E-state index contributed by atoms with van der Waals surface area (Å²) in [6.07, 6.45) is -0.494. The van der Waals surface area contributed by atoms with Crippen molar-refractivity contribution in [1.29, 1.82) is 0 Å². The second-order valence-electron chi connectivity index (χ2n) is 9.97. The summed E-state index contributed by atoms with van der Waals surface area (Å²) < 4.78 is 11.0. The van der Waals surface area contributed by atoms with Gasteiger partial charge in [-0.15, -0.1) is 0 Å². The summed E-state index contributed by atoms with van der Waals surface area (Å²) in [6, 6.07) is 33.0. The van der Waals surface area contributed by atoms with Gasteiger partial charge in [0.1, 0.15) is 12.4 Å². The Kier molecular flexibility index (Phi) is 9.69. The molecular formula is C34H36N4O4. The zero-order valence-corrected chi connectivity index (χ0v) is 23.8. The normalized spacial score (nSPS) is 13.3. The van der Waals surface area contributed by atoms with Crippen LogP contribution in [0.25, 0.3) is 11.1 Å². The average Bonchev–Trinajstić information content (AvgIpc) is 3.03. The van der Waals surface area contributed by atoms with Crippen molar-refractivity contribution in [3.63, 3.8) is 0 Å². The van der Waals surface area contributed by atoms with Gasteiger partial charge in [0, 0.05) is 49.7 Å². The van der Waals surface area contributed by atoms with Crippen molar-refractivity contribution in [3.8, 4) is 16.9 Å². The standard InChI is InChI=1S/C34H36N4O4/c1-2-41-32-14-7-6-13-31(32)36-34(40)42-24-23-37-19-21-38(22-20-37)30-12-8-11-29(25-30)35-33(39)28-17-15-27(16-18-28)26-9-4-3-5-10-26/h3-18,25H,2,19-24H2,1H3,(H,35,39)(H,36,40). The SMILES string of the molecule is CCOc1ccccc1NC(=O)OCCN1CCN(c2cccc(NC(=O)c3ccc(-c4ccccc4)cc3)c2)CC1. The number of carbonyl (C=O) groups excluding carboxylic acids is 2. The Morgan fingerprint density at radius 3 is 2.24 bits per heavy atom. The summed E-state index contributed by atoms with van der Waals surface area (Å²) in [5.41, 5.74) is 5.23. The lowest BCUT2D eigenvalue weighted by atomic mass is 10.0. The van der Waals surface area contributed by atoms with Crippen LogP contribution < -0.4 is 20.3 Å². The first kappa shape index (κ1) is 28.7. The molecule has 1 saturated heterocycles. The summed E-state index contributed by atoms with van der Waals surface area (Å²) in [5, 5.41) is 5.79. The van der Waals surface area contributed by atoms with Crippen LogP contribution in [0.4, 0.5) is 21.9 Å². The monoisotopic (exact) mass is 564 g/mol. The maximum atomic E-state index is 12.9. The van der Waals surface area contributed by atoms with E-state index in [1.807, 2.05) is 85.8 Å². The number of piperazine rings is 1. The quantitative estimate of drug-likeness (QED) is 0.233. The third-order valence-corrected chi connectivity index (χ3v) is 7.16. The van der Waals surface area contributed by atoms with Crippen LogP contribution in [0.5, 0.6) is 5.75 Å². The van der Waals surface area contributed by atoms with E-state index < -0.39 is 6.09 Å². The van der Waals surface area contributed by atoms with Crippen molar-refractivity contribution in [2.24, 2.45) is 0 Å². The van der Waals surface area contributed by atoms with Gasteiger partial charge in [0.25, 0.3) is 5.91 Å². The van der Waals surface area contributed by atoms with Crippen LogP contribution in [0.1, 0.15) is 17.3 Å². The number of rotatable bonds is 10. The lowest BCUT2D eigenvalue weighted by molar-refractivity contribution is 0.102. The first-order valence-corrected chi connectivity index (χ1v) is 14.3. The van der Waals surface area contributed by atoms with Crippen molar-refractivity contribution in [2.45, 2.75) is 6.92 Å². The molecule has 5 rings (SSSR count). The highest BCUT2D eigenvalue weighted by Crippen LogP contribution is 2.25. The number of hydrogen-bond acceptors (Lipinski definition) is 6. The van der Waals surface area contributed by atoms with Crippen LogP contribution in [0, 0.1) is 0 Å². The molecule has 0 unspecified atom stereocenters. The Hall–Kier alpha value is -4.82. The first-order chi connectivity index (χ1) is 20.6. The molecule has 8 heteroatoms. The molecule has 8 nitrogen and oxygen atoms in total. The van der Waals surface area contributed by atoms with E-state index in [4.69, 9.17) is 9.47 Å². The highest BCUT2D eigenvalue weighted by Gasteiger charge is 2.18. The molecule has 4 aromatic rings. The van der Waals surface area contributed by atoms with Gasteiger partial charge in [0.2, 0.25) is 0 Å². The van der Waals surface area contributed by atoms with Crippen molar-refractivity contribution in [3.05, 3.63) is 109 Å². The number of nitrogens with zero attached hydrogens (tertiary/aromatic N) is 2. The molecule has 1 aliphatic heterocycles. The molecule has 0 radical (unpaired) electrons. The number of nitrogens with one attached hydrogen (secondary N) is 2. The molecule has 0 saturated carbocycles. The van der Waals surface area contributed by atoms with Gasteiger partial charge in [-0.3, -0.25) is 15.0 Å². The maximum absolute atomic E-state index is 12.9. The van der Waals surface area contributed by atoms with Crippen molar-refractivity contribution >= 4 is 29.1 Å². The van der Waals surface area contributed by atoms with Crippen LogP contribution in [-0.4, -0.2) is 62.8 Å². The number of amides is 2. The Balaban J connectivity index is 1.06. The van der Waals surface area contributed by atoms with Crippen LogP contribution in [-0.2, 0) is 4.74 Å². The van der Waals surface area contributed by atoms with Gasteiger partial charge in [-0.25, -0.2) is 4.79 Å². The lowest BCUT2D eigenvalue weighted by Crippen LogP contribution is -2.47. The van der Waals surface area contributed by atoms with Crippen molar-refractivity contribution in [2.75, 3.05) is 61.5 Å². The highest BCUT2D eigenvalue weighted by molar-refractivity contribution is 6.04. The molecule has 2 N–H and O–H groups in total. The minimum atomic E-state index is -0.494. The topological polar surface area (TPSA) is 83.1 Å². The van der Waals surface area contributed by atoms with E-state index in [9.17, 15) is 9.59 Å². The number of hydrogen-bond donors (Lipinski definition) is 2. The molecule has 0 spiro atoms. The van der Waals surface area contributed by atoms with Crippen LogP contribution in [0.15, 0.2) is 103 Å². The number of carbonyl (C=O) groups is 2. The van der Waals surface area contributed by atoms with E-state index in [1.54, 1.807) is 6.07 Å². The summed E-state index contributed by atoms with van der Waals surface area (Å²) >= 11 is 0. The van der Waals surface area contributed by atoms with Gasteiger partial charge in [-0.05, 0) is 60.5 Å². The molecule has 1 aliphatic rings. The second-order valence-corrected chi connectivity index (χ2v) is 9.97. The van der Waals surface area contributed by atoms with E-state index in [-0.39, 0.29) is 5.91 Å². The lowest BCUT2D eigenvalue weighted by Gasteiger charge is -2.36. The van der Waals surface area contributed by atoms with Gasteiger partial charge >= 0.3 is 6.09 Å². The fraction of sp³-hybridized carbons (Fsp3) is 0.235. The fourth-order valence-corrected chi connectivity index (χ4v) is 4.92. The number of para-hydroxylation sites is 2. The first-order valence-electron chi connectivity index (χ1n) is 14.3. The van der Waals surface area contributed by atoms with Gasteiger partial charge in [-0.2, -0.15) is 0 Å². The Morgan fingerprint density at radius 2 is 1.48 bits per heavy atom. The zero-order valence-electron chi connectivity index (χ0n) is 23.8. The number of benzene rings is 4. The van der Waals surface area contributed by atoms with Crippen LogP contribution >= 0.6 is 0 Å². The third-order valence-electron chi connectivity index (χ3n) is 7.16. The molecule has 2 amide bonds. The average molecular weight is 565 g/mol. The number of ether oxygens (including phenoxy) is 2. The zero-order chi connectivity index (χ0) is 29.1. The minimum Gasteiger partial charge on any atom is -0.492 e. The molecular weight excluding hydrogens is 528 g/mol. The highest BCUT2D eigenvalue weighted by atomic mass is 16.5. The van der Waals surface area contributed by atoms with E-state index in [1.165, 1.54) is 0 Å².